The van der Waals surface area contributed by atoms with Crippen molar-refractivity contribution in [3.05, 3.63) is 78.8 Å². The molecule has 1 aliphatic rings. The Kier molecular flexibility index (Phi) is 5.90. The van der Waals surface area contributed by atoms with Crippen LogP contribution in [-0.4, -0.2) is 49.7 Å². The number of fused-ring (bicyclic) bond motifs is 1. The summed E-state index contributed by atoms with van der Waals surface area (Å²) in [6.45, 7) is 0.879. The highest BCUT2D eigenvalue weighted by atomic mass is 19.1. The number of hydrogen-bond acceptors (Lipinski definition) is 6. The Morgan fingerprint density at radius 2 is 1.79 bits per heavy atom. The van der Waals surface area contributed by atoms with Gasteiger partial charge in [-0.25, -0.2) is 9.37 Å². The van der Waals surface area contributed by atoms with Gasteiger partial charge < -0.3 is 10.2 Å². The predicted octanol–water partition coefficient (Wildman–Crippen LogP) is 3.57. The van der Waals surface area contributed by atoms with E-state index in [4.69, 9.17) is 0 Å². The number of nitrogens with zero attached hydrogens (tertiary/aromatic N) is 5. The van der Waals surface area contributed by atoms with Gasteiger partial charge in [-0.3, -0.25) is 24.5 Å². The van der Waals surface area contributed by atoms with Crippen LogP contribution in [0.15, 0.2) is 67.4 Å². The zero-order chi connectivity index (χ0) is 23.5. The van der Waals surface area contributed by atoms with Crippen molar-refractivity contribution in [1.82, 2.24) is 24.8 Å². The average Bonchev–Trinajstić information content (AvgIpc) is 2.89. The minimum atomic E-state index is -0.727. The number of carbonyl (C=O) groups excluding carboxylic acids is 2. The molecule has 0 aliphatic carbocycles. The van der Waals surface area contributed by atoms with E-state index in [0.29, 0.717) is 31.6 Å². The molecule has 3 aromatic heterocycles. The molecule has 9 heteroatoms. The Hall–Kier alpha value is -4.27. The number of aromatic nitrogens is 4. The van der Waals surface area contributed by atoms with Gasteiger partial charge in [0.1, 0.15) is 11.6 Å². The minimum absolute atomic E-state index is 0.162. The highest BCUT2D eigenvalue weighted by molar-refractivity contribution is 6.39. The molecule has 1 fully saturated rings. The maximum Gasteiger partial charge on any atom is 0.315 e. The number of carbonyl (C=O) groups is 2. The molecule has 0 radical (unpaired) electrons. The summed E-state index contributed by atoms with van der Waals surface area (Å²) in [5.74, 6) is -1.18. The van der Waals surface area contributed by atoms with E-state index in [-0.39, 0.29) is 17.6 Å². The summed E-state index contributed by atoms with van der Waals surface area (Å²) in [6.07, 6.45) is 9.44. The maximum absolute atomic E-state index is 13.8. The van der Waals surface area contributed by atoms with Gasteiger partial charge in [-0.15, -0.1) is 0 Å². The largest absolute Gasteiger partial charge is 0.334 e. The normalized spacial score (nSPS) is 14.2. The zero-order valence-electron chi connectivity index (χ0n) is 18.2. The molecule has 8 nitrogen and oxygen atoms in total. The van der Waals surface area contributed by atoms with Crippen molar-refractivity contribution in [2.45, 2.75) is 18.8 Å². The van der Waals surface area contributed by atoms with Crippen molar-refractivity contribution >= 4 is 28.5 Å². The lowest BCUT2D eigenvalue weighted by Crippen LogP contribution is -2.43. The Morgan fingerprint density at radius 1 is 0.941 bits per heavy atom. The van der Waals surface area contributed by atoms with E-state index in [2.05, 4.69) is 25.3 Å². The number of pyridine rings is 2. The first-order valence-corrected chi connectivity index (χ1v) is 11.0. The summed E-state index contributed by atoms with van der Waals surface area (Å²) >= 11 is 0. The number of hydrogen-bond donors (Lipinski definition) is 1. The second-order valence-electron chi connectivity index (χ2n) is 8.11. The summed E-state index contributed by atoms with van der Waals surface area (Å²) in [7, 11) is 0. The standard InChI is InChI=1S/C25H21FN6O2/c26-18-2-3-21-20(13-18)19(5-8-28-21)16-6-11-32(12-7-16)25(34)24(33)31-23-4-1-17(14-30-23)22-15-27-9-10-29-22/h1-5,8-10,13-16H,6-7,11-12H2,(H,30,31,33). The highest BCUT2D eigenvalue weighted by Gasteiger charge is 2.28. The van der Waals surface area contributed by atoms with Gasteiger partial charge in [0, 0.05) is 48.8 Å². The van der Waals surface area contributed by atoms with Crippen LogP contribution in [0.3, 0.4) is 0 Å². The SMILES string of the molecule is O=C(Nc1ccc(-c2cnccn2)cn1)C(=O)N1CCC(c2ccnc3ccc(F)cc23)CC1. The fraction of sp³-hybridized carbons (Fsp3) is 0.200. The van der Waals surface area contributed by atoms with Gasteiger partial charge in [-0.05, 0) is 60.7 Å². The van der Waals surface area contributed by atoms with Gasteiger partial charge in [-0.2, -0.15) is 0 Å². The van der Waals surface area contributed by atoms with Crippen molar-refractivity contribution in [2.24, 2.45) is 0 Å². The molecule has 1 saturated heterocycles. The highest BCUT2D eigenvalue weighted by Crippen LogP contribution is 2.32. The van der Waals surface area contributed by atoms with Crippen molar-refractivity contribution < 1.29 is 14.0 Å². The van der Waals surface area contributed by atoms with Crippen LogP contribution in [0.1, 0.15) is 24.3 Å². The lowest BCUT2D eigenvalue weighted by Gasteiger charge is -2.32. The van der Waals surface area contributed by atoms with Crippen LogP contribution in [0.2, 0.25) is 0 Å². The van der Waals surface area contributed by atoms with Crippen molar-refractivity contribution in [3.63, 3.8) is 0 Å². The molecule has 0 unspecified atom stereocenters. The first-order chi connectivity index (χ1) is 16.6. The van der Waals surface area contributed by atoms with Crippen LogP contribution in [0.5, 0.6) is 0 Å². The quantitative estimate of drug-likeness (QED) is 0.473. The Labute approximate surface area is 194 Å². The first-order valence-electron chi connectivity index (χ1n) is 11.0. The van der Waals surface area contributed by atoms with Gasteiger partial charge >= 0.3 is 11.8 Å². The zero-order valence-corrected chi connectivity index (χ0v) is 18.2. The lowest BCUT2D eigenvalue weighted by molar-refractivity contribution is -0.143. The lowest BCUT2D eigenvalue weighted by atomic mass is 9.87. The van der Waals surface area contributed by atoms with Crippen LogP contribution >= 0.6 is 0 Å². The molecule has 0 spiro atoms. The average molecular weight is 456 g/mol. The number of nitrogens with one attached hydrogen (secondary N) is 1. The Morgan fingerprint density at radius 3 is 2.53 bits per heavy atom. The van der Waals surface area contributed by atoms with Crippen LogP contribution < -0.4 is 5.32 Å². The maximum atomic E-state index is 13.8. The van der Waals surface area contributed by atoms with Crippen LogP contribution in [0, 0.1) is 5.82 Å². The molecular weight excluding hydrogens is 435 g/mol. The van der Waals surface area contributed by atoms with Crippen molar-refractivity contribution in [1.29, 1.82) is 0 Å². The third-order valence-corrected chi connectivity index (χ3v) is 6.02. The number of piperidine rings is 1. The molecule has 5 rings (SSSR count). The van der Waals surface area contributed by atoms with E-state index >= 15 is 0 Å². The summed E-state index contributed by atoms with van der Waals surface area (Å²) < 4.78 is 13.8. The van der Waals surface area contributed by atoms with Crippen molar-refractivity contribution in [3.8, 4) is 11.3 Å². The van der Waals surface area contributed by atoms with Crippen molar-refractivity contribution in [2.75, 3.05) is 18.4 Å². The summed E-state index contributed by atoms with van der Waals surface area (Å²) in [4.78, 5) is 43.5. The molecule has 0 bridgehead atoms. The molecule has 1 aliphatic heterocycles. The number of benzene rings is 1. The fourth-order valence-electron chi connectivity index (χ4n) is 4.27. The van der Waals surface area contributed by atoms with Crippen LogP contribution in [0.4, 0.5) is 10.2 Å². The fourth-order valence-corrected chi connectivity index (χ4v) is 4.27. The van der Waals surface area contributed by atoms with Gasteiger partial charge in [0.25, 0.3) is 0 Å². The van der Waals surface area contributed by atoms with E-state index in [9.17, 15) is 14.0 Å². The number of amides is 2. The van der Waals surface area contributed by atoms with Gasteiger partial charge in [0.05, 0.1) is 17.4 Å². The van der Waals surface area contributed by atoms with Gasteiger partial charge in [0.15, 0.2) is 0 Å². The van der Waals surface area contributed by atoms with E-state index < -0.39 is 11.8 Å². The van der Waals surface area contributed by atoms with Crippen LogP contribution in [-0.2, 0) is 9.59 Å². The first kappa shape index (κ1) is 21.6. The molecular formula is C25H21FN6O2. The number of rotatable bonds is 3. The number of likely N-dealkylation sites (tertiary alicyclic amines) is 1. The molecule has 34 heavy (non-hydrogen) atoms. The molecule has 170 valence electrons. The van der Waals surface area contributed by atoms with Crippen LogP contribution in [0.25, 0.3) is 22.2 Å². The van der Waals surface area contributed by atoms with E-state index in [1.54, 1.807) is 54.1 Å². The van der Waals surface area contributed by atoms with E-state index in [0.717, 1.165) is 22.0 Å². The summed E-state index contributed by atoms with van der Waals surface area (Å²) in [5, 5.41) is 3.36. The van der Waals surface area contributed by atoms with Gasteiger partial charge in [0.2, 0.25) is 0 Å². The molecule has 0 saturated carbocycles. The predicted molar refractivity (Wildman–Crippen MR) is 124 cm³/mol. The molecule has 1 aromatic carbocycles. The van der Waals surface area contributed by atoms with E-state index in [1.807, 2.05) is 6.07 Å². The molecule has 4 heterocycles. The second-order valence-corrected chi connectivity index (χ2v) is 8.11. The molecule has 4 aromatic rings. The monoisotopic (exact) mass is 456 g/mol. The molecule has 0 atom stereocenters. The van der Waals surface area contributed by atoms with Gasteiger partial charge in [-0.1, -0.05) is 0 Å². The third kappa shape index (κ3) is 4.45. The Balaban J connectivity index is 1.21. The second kappa shape index (κ2) is 9.30. The smallest absolute Gasteiger partial charge is 0.315 e. The third-order valence-electron chi connectivity index (χ3n) is 6.02. The molecule has 1 N–H and O–H groups in total. The minimum Gasteiger partial charge on any atom is -0.334 e. The van der Waals surface area contributed by atoms with E-state index in [1.165, 1.54) is 12.1 Å². The molecule has 2 amide bonds. The summed E-state index contributed by atoms with van der Waals surface area (Å²) in [5.41, 5.74) is 3.18. The number of anilines is 1. The topological polar surface area (TPSA) is 101 Å². The number of halogens is 1. The Bertz CT molecular complexity index is 1340. The summed E-state index contributed by atoms with van der Waals surface area (Å²) in [6, 6.07) is 9.86.